The summed E-state index contributed by atoms with van der Waals surface area (Å²) in [7, 11) is 0. The Bertz CT molecular complexity index is 902. The molecule has 0 aliphatic carbocycles. The number of aromatic nitrogens is 3. The van der Waals surface area contributed by atoms with Crippen LogP contribution in [0.4, 0.5) is 5.69 Å². The number of rotatable bonds is 4. The Morgan fingerprint density at radius 2 is 2.04 bits per heavy atom. The molecule has 0 spiro atoms. The minimum atomic E-state index is -0.239. The van der Waals surface area contributed by atoms with Crippen LogP contribution in [0.15, 0.2) is 30.5 Å². The fourth-order valence-corrected chi connectivity index (χ4v) is 3.64. The third-order valence-corrected chi connectivity index (χ3v) is 4.93. The molecule has 3 aromatic rings. The minimum Gasteiger partial charge on any atom is -0.320 e. The molecule has 0 unspecified atom stereocenters. The molecule has 8 heteroatoms. The molecular formula is C17H14Cl2N4OS. The molecule has 1 aromatic carbocycles. The van der Waals surface area contributed by atoms with Gasteiger partial charge in [0.1, 0.15) is 15.9 Å². The molecule has 0 radical (unpaired) electrons. The van der Waals surface area contributed by atoms with E-state index in [1.165, 1.54) is 11.3 Å². The number of hydrogen-bond donors (Lipinski definition) is 1. The zero-order valence-electron chi connectivity index (χ0n) is 13.5. The topological polar surface area (TPSA) is 67.8 Å². The zero-order valence-corrected chi connectivity index (χ0v) is 15.8. The fourth-order valence-electron chi connectivity index (χ4n) is 2.30. The molecule has 0 saturated carbocycles. The molecule has 0 bridgehead atoms. The average Bonchev–Trinajstić information content (AvgIpc) is 2.98. The normalized spacial score (nSPS) is 10.7. The Balaban J connectivity index is 1.75. The lowest BCUT2D eigenvalue weighted by molar-refractivity contribution is 0.103. The van der Waals surface area contributed by atoms with Crippen LogP contribution in [0.1, 0.15) is 31.8 Å². The highest BCUT2D eigenvalue weighted by Crippen LogP contribution is 2.26. The molecule has 0 atom stereocenters. The van der Waals surface area contributed by atoms with E-state index in [4.69, 9.17) is 23.2 Å². The van der Waals surface area contributed by atoms with Gasteiger partial charge in [0.2, 0.25) is 0 Å². The van der Waals surface area contributed by atoms with E-state index in [1.54, 1.807) is 25.3 Å². The lowest BCUT2D eigenvalue weighted by atomic mass is 10.2. The highest BCUT2D eigenvalue weighted by Gasteiger charge is 2.14. The van der Waals surface area contributed by atoms with Crippen molar-refractivity contribution < 1.29 is 4.79 Å². The van der Waals surface area contributed by atoms with Crippen LogP contribution in [0.25, 0.3) is 0 Å². The maximum absolute atomic E-state index is 12.4. The number of nitrogens with zero attached hydrogens (tertiary/aromatic N) is 3. The summed E-state index contributed by atoms with van der Waals surface area (Å²) in [6, 6.07) is 7.17. The summed E-state index contributed by atoms with van der Waals surface area (Å²) in [5.74, 6) is 0.364. The van der Waals surface area contributed by atoms with Crippen molar-refractivity contribution >= 4 is 46.1 Å². The molecular weight excluding hydrogens is 379 g/mol. The maximum Gasteiger partial charge on any atom is 0.267 e. The van der Waals surface area contributed by atoms with Gasteiger partial charge in [-0.3, -0.25) is 4.79 Å². The van der Waals surface area contributed by atoms with Gasteiger partial charge in [-0.1, -0.05) is 35.3 Å². The average molecular weight is 393 g/mol. The summed E-state index contributed by atoms with van der Waals surface area (Å²) in [4.78, 5) is 25.6. The molecule has 0 aliphatic heterocycles. The Morgan fingerprint density at radius 1 is 1.24 bits per heavy atom. The summed E-state index contributed by atoms with van der Waals surface area (Å²) >= 11 is 13.4. The van der Waals surface area contributed by atoms with Crippen LogP contribution in [-0.4, -0.2) is 20.9 Å². The number of nitrogens with one attached hydrogen (secondary N) is 1. The van der Waals surface area contributed by atoms with Gasteiger partial charge in [-0.05, 0) is 31.5 Å². The van der Waals surface area contributed by atoms with Crippen molar-refractivity contribution in [2.24, 2.45) is 0 Å². The van der Waals surface area contributed by atoms with Crippen LogP contribution in [-0.2, 0) is 6.42 Å². The van der Waals surface area contributed by atoms with Crippen molar-refractivity contribution in [1.82, 2.24) is 15.0 Å². The molecule has 1 N–H and O–H groups in total. The first-order valence-corrected chi connectivity index (χ1v) is 9.01. The van der Waals surface area contributed by atoms with E-state index in [9.17, 15) is 4.79 Å². The highest BCUT2D eigenvalue weighted by atomic mass is 35.5. The van der Waals surface area contributed by atoms with E-state index >= 15 is 0 Å². The van der Waals surface area contributed by atoms with Gasteiger partial charge in [0.25, 0.3) is 5.91 Å². The van der Waals surface area contributed by atoms with Crippen LogP contribution in [0.5, 0.6) is 0 Å². The number of thiazole rings is 1. The van der Waals surface area contributed by atoms with Crippen LogP contribution in [0.3, 0.4) is 0 Å². The summed E-state index contributed by atoms with van der Waals surface area (Å²) in [5.41, 5.74) is 2.28. The Labute approximate surface area is 159 Å². The van der Waals surface area contributed by atoms with Gasteiger partial charge in [-0.2, -0.15) is 0 Å². The van der Waals surface area contributed by atoms with Crippen molar-refractivity contribution in [3.8, 4) is 0 Å². The van der Waals surface area contributed by atoms with E-state index in [0.717, 1.165) is 16.3 Å². The summed E-state index contributed by atoms with van der Waals surface area (Å²) in [6.07, 6.45) is 2.04. The van der Waals surface area contributed by atoms with Crippen LogP contribution in [0, 0.1) is 13.8 Å². The Hall–Kier alpha value is -2.02. The molecule has 128 valence electrons. The number of para-hydroxylation sites is 1. The predicted molar refractivity (Wildman–Crippen MR) is 101 cm³/mol. The number of aryl methyl sites for hydroxylation is 2. The summed E-state index contributed by atoms with van der Waals surface area (Å²) < 4.78 is 0. The molecule has 25 heavy (non-hydrogen) atoms. The quantitative estimate of drug-likeness (QED) is 0.653. The van der Waals surface area contributed by atoms with Gasteiger partial charge >= 0.3 is 0 Å². The highest BCUT2D eigenvalue weighted by molar-refractivity contribution is 7.13. The SMILES string of the molecule is Cc1nc(Cl)cc(Cc2ncc(C(=O)Nc3c(C)cccc3Cl)s2)n1. The number of carbonyl (C=O) groups is 1. The van der Waals surface area contributed by atoms with Gasteiger partial charge in [-0.15, -0.1) is 11.3 Å². The van der Waals surface area contributed by atoms with Crippen molar-refractivity contribution in [3.05, 3.63) is 67.6 Å². The fraction of sp³-hybridized carbons (Fsp3) is 0.176. The molecule has 0 saturated heterocycles. The van der Waals surface area contributed by atoms with E-state index in [2.05, 4.69) is 20.3 Å². The van der Waals surface area contributed by atoms with E-state index in [1.807, 2.05) is 19.1 Å². The lowest BCUT2D eigenvalue weighted by Crippen LogP contribution is -2.11. The van der Waals surface area contributed by atoms with Crippen LogP contribution < -0.4 is 5.32 Å². The molecule has 5 nitrogen and oxygen atoms in total. The second kappa shape index (κ2) is 7.47. The largest absolute Gasteiger partial charge is 0.320 e. The van der Waals surface area contributed by atoms with Gasteiger partial charge < -0.3 is 5.32 Å². The molecule has 0 aliphatic rings. The van der Waals surface area contributed by atoms with Crippen molar-refractivity contribution in [2.75, 3.05) is 5.32 Å². The number of amides is 1. The van der Waals surface area contributed by atoms with Gasteiger partial charge in [0.15, 0.2) is 0 Å². The second-order valence-electron chi connectivity index (χ2n) is 5.41. The number of halogens is 2. The van der Waals surface area contributed by atoms with Crippen molar-refractivity contribution in [1.29, 1.82) is 0 Å². The summed E-state index contributed by atoms with van der Waals surface area (Å²) in [6.45, 7) is 3.67. The van der Waals surface area contributed by atoms with Crippen molar-refractivity contribution in [3.63, 3.8) is 0 Å². The van der Waals surface area contributed by atoms with Gasteiger partial charge in [0.05, 0.1) is 27.6 Å². The number of benzene rings is 1. The first-order valence-electron chi connectivity index (χ1n) is 7.43. The van der Waals surface area contributed by atoms with E-state index in [-0.39, 0.29) is 5.91 Å². The van der Waals surface area contributed by atoms with Crippen LogP contribution >= 0.6 is 34.5 Å². The zero-order chi connectivity index (χ0) is 18.0. The molecule has 1 amide bonds. The standard InChI is InChI=1S/C17H14Cl2N4OS/c1-9-4-3-5-12(18)16(9)23-17(24)13-8-20-15(25-13)7-11-6-14(19)22-10(2)21-11/h3-6,8H,7H2,1-2H3,(H,23,24). The predicted octanol–water partition coefficient (Wildman–Crippen LogP) is 4.70. The van der Waals surface area contributed by atoms with Crippen molar-refractivity contribution in [2.45, 2.75) is 20.3 Å². The first kappa shape index (κ1) is 17.8. The molecule has 2 heterocycles. The second-order valence-corrected chi connectivity index (χ2v) is 7.32. The minimum absolute atomic E-state index is 0.239. The molecule has 2 aromatic heterocycles. The number of carbonyl (C=O) groups excluding carboxylic acids is 1. The van der Waals surface area contributed by atoms with Gasteiger partial charge in [0, 0.05) is 6.42 Å². The lowest BCUT2D eigenvalue weighted by Gasteiger charge is -2.08. The Kier molecular flexibility index (Phi) is 5.32. The monoisotopic (exact) mass is 392 g/mol. The van der Waals surface area contributed by atoms with E-state index in [0.29, 0.717) is 33.0 Å². The first-order chi connectivity index (χ1) is 11.9. The third-order valence-electron chi connectivity index (χ3n) is 3.43. The third kappa shape index (κ3) is 4.34. The number of anilines is 1. The Morgan fingerprint density at radius 3 is 2.76 bits per heavy atom. The summed E-state index contributed by atoms with van der Waals surface area (Å²) in [5, 5.41) is 4.51. The van der Waals surface area contributed by atoms with Crippen LogP contribution in [0.2, 0.25) is 10.2 Å². The van der Waals surface area contributed by atoms with Gasteiger partial charge in [-0.25, -0.2) is 15.0 Å². The maximum atomic E-state index is 12.4. The molecule has 0 fully saturated rings. The smallest absolute Gasteiger partial charge is 0.267 e. The van der Waals surface area contributed by atoms with E-state index < -0.39 is 0 Å². The number of hydrogen-bond acceptors (Lipinski definition) is 5. The molecule has 3 rings (SSSR count).